The first-order valence-corrected chi connectivity index (χ1v) is 13.2. The van der Waals surface area contributed by atoms with Gasteiger partial charge in [-0.3, -0.25) is 4.79 Å². The number of carbonyl (C=O) groups is 1. The van der Waals surface area contributed by atoms with E-state index in [0.29, 0.717) is 24.0 Å². The van der Waals surface area contributed by atoms with E-state index in [4.69, 9.17) is 23.4 Å². The molecule has 39 heavy (non-hydrogen) atoms. The zero-order chi connectivity index (χ0) is 28.4. The first kappa shape index (κ1) is 29.0. The standard InChI is InChI=1S/C26H38O13/c1-10-4-11-13(5-14(28)12-6-35-21(16(11)12)17(10)29)25(2,3)39-23-20(32)19(31)18(30)15(38-23)7-36-24-22(33)26(34,8-27)9-37-24/h6,10-11,13-15,18-20,22-24,27-28,30-34H,4-5,7-9H2,1-3H3. The maximum atomic E-state index is 12.7. The minimum atomic E-state index is -1.90. The molecule has 1 aromatic rings. The van der Waals surface area contributed by atoms with Crippen LogP contribution in [0.3, 0.4) is 0 Å². The van der Waals surface area contributed by atoms with Crippen molar-refractivity contribution < 1.29 is 63.9 Å². The van der Waals surface area contributed by atoms with E-state index in [1.165, 1.54) is 6.26 Å². The van der Waals surface area contributed by atoms with Gasteiger partial charge in [-0.05, 0) is 38.5 Å². The van der Waals surface area contributed by atoms with E-state index in [9.17, 15) is 40.5 Å². The molecule has 12 atom stereocenters. The van der Waals surface area contributed by atoms with Crippen LogP contribution in [-0.4, -0.2) is 116 Å². The molecule has 2 aliphatic carbocycles. The van der Waals surface area contributed by atoms with Crippen molar-refractivity contribution in [3.05, 3.63) is 23.2 Å². The lowest BCUT2D eigenvalue weighted by molar-refractivity contribution is -0.335. The molecule has 0 bridgehead atoms. The fraction of sp³-hybridized carbons (Fsp3) is 0.808. The summed E-state index contributed by atoms with van der Waals surface area (Å²) < 4.78 is 28.3. The molecule has 7 N–H and O–H groups in total. The molecule has 2 fully saturated rings. The Morgan fingerprint density at radius 1 is 1.08 bits per heavy atom. The Kier molecular flexibility index (Phi) is 7.74. The van der Waals surface area contributed by atoms with Crippen LogP contribution in [0.4, 0.5) is 0 Å². The van der Waals surface area contributed by atoms with Crippen LogP contribution in [0.15, 0.2) is 10.7 Å². The predicted octanol–water partition coefficient (Wildman–Crippen LogP) is -1.30. The van der Waals surface area contributed by atoms with Gasteiger partial charge in [0.1, 0.15) is 36.1 Å². The average molecular weight is 559 g/mol. The first-order chi connectivity index (χ1) is 18.3. The summed E-state index contributed by atoms with van der Waals surface area (Å²) >= 11 is 0. The maximum Gasteiger partial charge on any atom is 0.201 e. The lowest BCUT2D eigenvalue weighted by atomic mass is 9.62. The Hall–Kier alpha value is -1.49. The molecule has 1 aromatic heterocycles. The third-order valence-corrected chi connectivity index (χ3v) is 8.82. The van der Waals surface area contributed by atoms with Gasteiger partial charge in [-0.2, -0.15) is 0 Å². The Balaban J connectivity index is 1.31. The highest BCUT2D eigenvalue weighted by Crippen LogP contribution is 2.54. The Bertz CT molecular complexity index is 1060. The minimum absolute atomic E-state index is 0.112. The highest BCUT2D eigenvalue weighted by Gasteiger charge is 2.53. The fourth-order valence-electron chi connectivity index (χ4n) is 6.37. The van der Waals surface area contributed by atoms with E-state index in [2.05, 4.69) is 0 Å². The molecule has 13 nitrogen and oxygen atoms in total. The number of ether oxygens (including phenoxy) is 4. The molecule has 13 heteroatoms. The van der Waals surface area contributed by atoms with Gasteiger partial charge in [-0.15, -0.1) is 0 Å². The zero-order valence-corrected chi connectivity index (χ0v) is 22.0. The lowest BCUT2D eigenvalue weighted by Gasteiger charge is -2.49. The number of furan rings is 1. The van der Waals surface area contributed by atoms with Gasteiger partial charge in [-0.1, -0.05) is 6.92 Å². The van der Waals surface area contributed by atoms with Crippen molar-refractivity contribution in [2.24, 2.45) is 11.8 Å². The normalized spacial score (nSPS) is 44.5. The second-order valence-corrected chi connectivity index (χ2v) is 11.9. The van der Waals surface area contributed by atoms with Crippen molar-refractivity contribution in [1.82, 2.24) is 0 Å². The lowest BCUT2D eigenvalue weighted by Crippen LogP contribution is -2.61. The van der Waals surface area contributed by atoms with Crippen molar-refractivity contribution in [2.75, 3.05) is 19.8 Å². The van der Waals surface area contributed by atoms with Crippen molar-refractivity contribution in [2.45, 2.75) is 99.9 Å². The van der Waals surface area contributed by atoms with Gasteiger partial charge in [0.15, 0.2) is 18.3 Å². The highest BCUT2D eigenvalue weighted by atomic mass is 16.7. The van der Waals surface area contributed by atoms with Crippen LogP contribution < -0.4 is 0 Å². The summed E-state index contributed by atoms with van der Waals surface area (Å²) in [5.74, 6) is -0.635. The molecule has 2 saturated heterocycles. The summed E-state index contributed by atoms with van der Waals surface area (Å²) in [5, 5.41) is 72.3. The molecule has 0 radical (unpaired) electrons. The minimum Gasteiger partial charge on any atom is -0.461 e. The van der Waals surface area contributed by atoms with Gasteiger partial charge in [-0.25, -0.2) is 0 Å². The van der Waals surface area contributed by atoms with Gasteiger partial charge in [0.2, 0.25) is 5.78 Å². The van der Waals surface area contributed by atoms with Crippen molar-refractivity contribution in [3.63, 3.8) is 0 Å². The summed E-state index contributed by atoms with van der Waals surface area (Å²) in [6.45, 7) is 3.84. The van der Waals surface area contributed by atoms with Crippen LogP contribution in [-0.2, 0) is 18.9 Å². The SMILES string of the molecule is CC1CC2c3c(coc3C1=O)C(O)CC2C(C)(C)OC1OC(COC2OCC(O)(CO)C2O)C(O)C(O)C1O. The van der Waals surface area contributed by atoms with E-state index in [1.807, 2.05) is 6.92 Å². The first-order valence-electron chi connectivity index (χ1n) is 13.2. The van der Waals surface area contributed by atoms with Crippen LogP contribution >= 0.6 is 0 Å². The topological polar surface area (TPSA) is 209 Å². The molecule has 0 amide bonds. The van der Waals surface area contributed by atoms with Crippen LogP contribution in [0.5, 0.6) is 0 Å². The molecule has 0 spiro atoms. The van der Waals surface area contributed by atoms with Crippen LogP contribution in [0.25, 0.3) is 0 Å². The van der Waals surface area contributed by atoms with Crippen molar-refractivity contribution >= 4 is 5.78 Å². The number of aliphatic hydroxyl groups excluding tert-OH is 6. The van der Waals surface area contributed by atoms with E-state index >= 15 is 0 Å². The fourth-order valence-corrected chi connectivity index (χ4v) is 6.37. The quantitative estimate of drug-likeness (QED) is 0.208. The third-order valence-electron chi connectivity index (χ3n) is 8.82. The molecule has 0 aromatic carbocycles. The number of hydrogen-bond donors (Lipinski definition) is 7. The summed E-state index contributed by atoms with van der Waals surface area (Å²) in [6.07, 6.45) is -8.98. The highest BCUT2D eigenvalue weighted by molar-refractivity contribution is 5.98. The summed E-state index contributed by atoms with van der Waals surface area (Å²) in [5.41, 5.74) is -1.66. The molecule has 2 aliphatic heterocycles. The largest absolute Gasteiger partial charge is 0.461 e. The van der Waals surface area contributed by atoms with E-state index < -0.39 is 73.6 Å². The Labute approximate surface area is 224 Å². The summed E-state index contributed by atoms with van der Waals surface area (Å²) in [6, 6.07) is 0. The van der Waals surface area contributed by atoms with E-state index in [0.717, 1.165) is 0 Å². The van der Waals surface area contributed by atoms with Gasteiger partial charge < -0.3 is 59.1 Å². The summed E-state index contributed by atoms with van der Waals surface area (Å²) in [4.78, 5) is 12.7. The molecule has 4 aliphatic rings. The molecule has 5 rings (SSSR count). The third kappa shape index (κ3) is 4.87. The molecule has 0 saturated carbocycles. The van der Waals surface area contributed by atoms with Crippen LogP contribution in [0.2, 0.25) is 0 Å². The maximum absolute atomic E-state index is 12.7. The van der Waals surface area contributed by atoms with E-state index in [1.54, 1.807) is 13.8 Å². The molecule has 3 heterocycles. The second kappa shape index (κ2) is 10.4. The Morgan fingerprint density at radius 3 is 2.46 bits per heavy atom. The van der Waals surface area contributed by atoms with E-state index in [-0.39, 0.29) is 35.9 Å². The van der Waals surface area contributed by atoms with Crippen molar-refractivity contribution in [3.8, 4) is 0 Å². The van der Waals surface area contributed by atoms with Crippen LogP contribution in [0, 0.1) is 11.8 Å². The summed E-state index contributed by atoms with van der Waals surface area (Å²) in [7, 11) is 0. The number of Topliss-reactive ketones (excluding diaryl/α,β-unsaturated/α-hetero) is 1. The number of hydrogen-bond acceptors (Lipinski definition) is 13. The number of ketones is 1. The number of carbonyl (C=O) groups excluding carboxylic acids is 1. The van der Waals surface area contributed by atoms with Gasteiger partial charge in [0, 0.05) is 17.0 Å². The smallest absolute Gasteiger partial charge is 0.201 e. The monoisotopic (exact) mass is 558 g/mol. The van der Waals surface area contributed by atoms with Crippen molar-refractivity contribution in [1.29, 1.82) is 0 Å². The van der Waals surface area contributed by atoms with Crippen LogP contribution in [0.1, 0.15) is 67.3 Å². The molecular weight excluding hydrogens is 520 g/mol. The number of rotatable bonds is 7. The predicted molar refractivity (Wildman–Crippen MR) is 128 cm³/mol. The van der Waals surface area contributed by atoms with Gasteiger partial charge >= 0.3 is 0 Å². The Morgan fingerprint density at radius 2 is 1.79 bits per heavy atom. The molecule has 220 valence electrons. The van der Waals surface area contributed by atoms with Gasteiger partial charge in [0.25, 0.3) is 0 Å². The molecular formula is C26H38O13. The zero-order valence-electron chi connectivity index (χ0n) is 22.0. The second-order valence-electron chi connectivity index (χ2n) is 11.9. The molecule has 12 unspecified atom stereocenters. The average Bonchev–Trinajstić information content (AvgIpc) is 3.47. The van der Waals surface area contributed by atoms with Gasteiger partial charge in [0.05, 0.1) is 37.8 Å². The number of aliphatic hydroxyl groups is 7.